The van der Waals surface area contributed by atoms with Gasteiger partial charge in [0.2, 0.25) is 5.91 Å². The number of hydrogen-bond acceptors (Lipinski definition) is 6. The molecule has 0 unspecified atom stereocenters. The van der Waals surface area contributed by atoms with Crippen molar-refractivity contribution in [2.45, 2.75) is 5.75 Å². The standard InChI is InChI=1S/C12H13N3O3S2/c13-10-3-1-9(2-4-10)7-20(17,18)8-11(16)15-12-14-5-6-19-12/h1-6H,7-8,13H2,(H,14,15,16). The number of aromatic nitrogens is 1. The Bertz CT molecular complexity index is 679. The largest absolute Gasteiger partial charge is 0.399 e. The quantitative estimate of drug-likeness (QED) is 0.810. The van der Waals surface area contributed by atoms with Crippen molar-refractivity contribution in [2.75, 3.05) is 16.8 Å². The lowest BCUT2D eigenvalue weighted by atomic mass is 10.2. The fraction of sp³-hybridized carbons (Fsp3) is 0.167. The van der Waals surface area contributed by atoms with E-state index in [-0.39, 0.29) is 5.75 Å². The van der Waals surface area contributed by atoms with Crippen LogP contribution in [0.5, 0.6) is 0 Å². The van der Waals surface area contributed by atoms with E-state index in [4.69, 9.17) is 5.73 Å². The summed E-state index contributed by atoms with van der Waals surface area (Å²) in [5.74, 6) is -1.36. The predicted molar refractivity (Wildman–Crippen MR) is 79.1 cm³/mol. The fourth-order valence-corrected chi connectivity index (χ4v) is 3.38. The number of nitrogens with two attached hydrogens (primary N) is 1. The van der Waals surface area contributed by atoms with Gasteiger partial charge < -0.3 is 11.1 Å². The summed E-state index contributed by atoms with van der Waals surface area (Å²) in [4.78, 5) is 15.5. The number of thiazole rings is 1. The van der Waals surface area contributed by atoms with Crippen molar-refractivity contribution >= 4 is 37.9 Å². The third kappa shape index (κ3) is 4.32. The van der Waals surface area contributed by atoms with Crippen LogP contribution in [0.15, 0.2) is 35.8 Å². The fourth-order valence-electron chi connectivity index (χ4n) is 1.56. The Morgan fingerprint density at radius 2 is 2.00 bits per heavy atom. The molecule has 0 fully saturated rings. The molecule has 0 bridgehead atoms. The Hall–Kier alpha value is -1.93. The number of carbonyl (C=O) groups excluding carboxylic acids is 1. The molecule has 2 rings (SSSR count). The minimum atomic E-state index is -3.53. The van der Waals surface area contributed by atoms with Crippen LogP contribution in [0, 0.1) is 0 Å². The van der Waals surface area contributed by atoms with Crippen LogP contribution in [0.2, 0.25) is 0 Å². The molecular weight excluding hydrogens is 298 g/mol. The summed E-state index contributed by atoms with van der Waals surface area (Å²) >= 11 is 1.23. The SMILES string of the molecule is Nc1ccc(CS(=O)(=O)CC(=O)Nc2nccs2)cc1. The Kier molecular flexibility index (Phi) is 4.35. The smallest absolute Gasteiger partial charge is 0.241 e. The molecule has 0 aliphatic rings. The van der Waals surface area contributed by atoms with Crippen molar-refractivity contribution < 1.29 is 13.2 Å². The van der Waals surface area contributed by atoms with Crippen LogP contribution >= 0.6 is 11.3 Å². The summed E-state index contributed by atoms with van der Waals surface area (Å²) in [5, 5.41) is 4.52. The third-order valence-electron chi connectivity index (χ3n) is 2.40. The van der Waals surface area contributed by atoms with Crippen LogP contribution in [0.4, 0.5) is 10.8 Å². The highest BCUT2D eigenvalue weighted by Gasteiger charge is 2.18. The number of amides is 1. The normalized spacial score (nSPS) is 11.2. The first-order valence-corrected chi connectivity index (χ1v) is 8.39. The average Bonchev–Trinajstić information content (AvgIpc) is 2.83. The van der Waals surface area contributed by atoms with Gasteiger partial charge in [-0.3, -0.25) is 4.79 Å². The first-order valence-electron chi connectivity index (χ1n) is 5.69. The van der Waals surface area contributed by atoms with Gasteiger partial charge in [0.25, 0.3) is 0 Å². The van der Waals surface area contributed by atoms with Crippen molar-refractivity contribution in [1.29, 1.82) is 0 Å². The summed E-state index contributed by atoms with van der Waals surface area (Å²) in [7, 11) is -3.53. The molecule has 1 amide bonds. The number of hydrogen-bond donors (Lipinski definition) is 2. The Labute approximate surface area is 120 Å². The molecular formula is C12H13N3O3S2. The molecule has 106 valence electrons. The minimum Gasteiger partial charge on any atom is -0.399 e. The van der Waals surface area contributed by atoms with Crippen molar-refractivity contribution in [2.24, 2.45) is 0 Å². The summed E-state index contributed by atoms with van der Waals surface area (Å²) < 4.78 is 23.8. The van der Waals surface area contributed by atoms with Crippen LogP contribution in [-0.2, 0) is 20.4 Å². The zero-order valence-corrected chi connectivity index (χ0v) is 12.1. The second kappa shape index (κ2) is 6.02. The van der Waals surface area contributed by atoms with Gasteiger partial charge in [-0.1, -0.05) is 12.1 Å². The first kappa shape index (κ1) is 14.5. The molecule has 0 saturated heterocycles. The molecule has 0 saturated carbocycles. The second-order valence-electron chi connectivity index (χ2n) is 4.16. The lowest BCUT2D eigenvalue weighted by molar-refractivity contribution is -0.113. The van der Waals surface area contributed by atoms with E-state index >= 15 is 0 Å². The lowest BCUT2D eigenvalue weighted by Crippen LogP contribution is -2.23. The Morgan fingerprint density at radius 1 is 1.30 bits per heavy atom. The molecule has 0 aliphatic heterocycles. The molecule has 0 atom stereocenters. The molecule has 3 N–H and O–H groups in total. The molecule has 2 aromatic rings. The van der Waals surface area contributed by atoms with Crippen LogP contribution in [0.25, 0.3) is 0 Å². The maximum Gasteiger partial charge on any atom is 0.241 e. The number of nitrogens with zero attached hydrogens (tertiary/aromatic N) is 1. The van der Waals surface area contributed by atoms with Gasteiger partial charge in [0, 0.05) is 17.3 Å². The highest BCUT2D eigenvalue weighted by molar-refractivity contribution is 7.91. The van der Waals surface area contributed by atoms with E-state index in [0.29, 0.717) is 16.4 Å². The molecule has 0 aliphatic carbocycles. The van der Waals surface area contributed by atoms with E-state index in [1.165, 1.54) is 17.5 Å². The number of sulfone groups is 1. The molecule has 0 radical (unpaired) electrons. The maximum atomic E-state index is 11.9. The molecule has 8 heteroatoms. The van der Waals surface area contributed by atoms with Crippen molar-refractivity contribution in [3.63, 3.8) is 0 Å². The van der Waals surface area contributed by atoms with Crippen molar-refractivity contribution in [3.8, 4) is 0 Å². The van der Waals surface area contributed by atoms with E-state index in [1.807, 2.05) is 0 Å². The molecule has 20 heavy (non-hydrogen) atoms. The molecule has 1 heterocycles. The van der Waals surface area contributed by atoms with Crippen molar-refractivity contribution in [3.05, 3.63) is 41.4 Å². The number of rotatable bonds is 5. The van der Waals surface area contributed by atoms with Gasteiger partial charge in [0.05, 0.1) is 5.75 Å². The number of benzene rings is 1. The summed E-state index contributed by atoms with van der Waals surface area (Å²) in [6.07, 6.45) is 1.53. The highest BCUT2D eigenvalue weighted by Crippen LogP contribution is 2.12. The predicted octanol–water partition coefficient (Wildman–Crippen LogP) is 1.28. The van der Waals surface area contributed by atoms with Crippen LogP contribution < -0.4 is 11.1 Å². The number of anilines is 2. The average molecular weight is 311 g/mol. The second-order valence-corrected chi connectivity index (χ2v) is 7.12. The van der Waals surface area contributed by atoms with E-state index in [0.717, 1.165) is 0 Å². The number of nitrogens with one attached hydrogen (secondary N) is 1. The van der Waals surface area contributed by atoms with Gasteiger partial charge in [-0.2, -0.15) is 0 Å². The molecule has 1 aromatic heterocycles. The zero-order chi connectivity index (χ0) is 14.6. The summed E-state index contributed by atoms with van der Waals surface area (Å²) in [6, 6.07) is 6.51. The Morgan fingerprint density at radius 3 is 2.60 bits per heavy atom. The summed E-state index contributed by atoms with van der Waals surface area (Å²) in [5.41, 5.74) is 6.69. The minimum absolute atomic E-state index is 0.196. The van der Waals surface area contributed by atoms with E-state index in [2.05, 4.69) is 10.3 Å². The van der Waals surface area contributed by atoms with Gasteiger partial charge in [0.1, 0.15) is 5.75 Å². The van der Waals surface area contributed by atoms with Gasteiger partial charge in [-0.15, -0.1) is 11.3 Å². The highest BCUT2D eigenvalue weighted by atomic mass is 32.2. The van der Waals surface area contributed by atoms with E-state index in [1.54, 1.807) is 29.6 Å². The maximum absolute atomic E-state index is 11.9. The van der Waals surface area contributed by atoms with E-state index in [9.17, 15) is 13.2 Å². The van der Waals surface area contributed by atoms with Crippen LogP contribution in [-0.4, -0.2) is 25.1 Å². The molecule has 0 spiro atoms. The molecule has 1 aromatic carbocycles. The third-order valence-corrected chi connectivity index (χ3v) is 4.56. The summed E-state index contributed by atoms with van der Waals surface area (Å²) in [6.45, 7) is 0. The molecule has 6 nitrogen and oxygen atoms in total. The van der Waals surface area contributed by atoms with Crippen LogP contribution in [0.3, 0.4) is 0 Å². The topological polar surface area (TPSA) is 102 Å². The Balaban J connectivity index is 1.96. The first-order chi connectivity index (χ1) is 9.44. The monoisotopic (exact) mass is 311 g/mol. The number of carbonyl (C=O) groups is 1. The number of nitrogen functional groups attached to an aromatic ring is 1. The van der Waals surface area contributed by atoms with Crippen molar-refractivity contribution in [1.82, 2.24) is 4.98 Å². The van der Waals surface area contributed by atoms with Gasteiger partial charge in [-0.25, -0.2) is 13.4 Å². The van der Waals surface area contributed by atoms with Crippen LogP contribution in [0.1, 0.15) is 5.56 Å². The van der Waals surface area contributed by atoms with Gasteiger partial charge >= 0.3 is 0 Å². The van der Waals surface area contributed by atoms with Gasteiger partial charge in [0.15, 0.2) is 15.0 Å². The van der Waals surface area contributed by atoms with E-state index < -0.39 is 21.5 Å². The zero-order valence-electron chi connectivity index (χ0n) is 10.4. The van der Waals surface area contributed by atoms with Gasteiger partial charge in [-0.05, 0) is 17.7 Å². The lowest BCUT2D eigenvalue weighted by Gasteiger charge is -2.05.